The lowest BCUT2D eigenvalue weighted by atomic mass is 10.2. The van der Waals surface area contributed by atoms with Crippen LogP contribution >= 0.6 is 27.5 Å². The topological polar surface area (TPSA) is 23.8 Å². The van der Waals surface area contributed by atoms with E-state index in [-0.39, 0.29) is 0 Å². The first-order valence-corrected chi connectivity index (χ1v) is 4.42. The van der Waals surface area contributed by atoms with Gasteiger partial charge in [0.15, 0.2) is 0 Å². The van der Waals surface area contributed by atoms with Crippen molar-refractivity contribution in [2.45, 2.75) is 0 Å². The van der Waals surface area contributed by atoms with Gasteiger partial charge in [-0.2, -0.15) is 5.26 Å². The molecule has 0 spiro atoms. The average molecular weight is 243 g/mol. The van der Waals surface area contributed by atoms with Crippen LogP contribution in [0.4, 0.5) is 0 Å². The zero-order valence-corrected chi connectivity index (χ0v) is 8.43. The van der Waals surface area contributed by atoms with Crippen LogP contribution in [0.25, 0.3) is 6.08 Å². The molecule has 0 aliphatic heterocycles. The van der Waals surface area contributed by atoms with Crippen LogP contribution in [0, 0.1) is 11.3 Å². The van der Waals surface area contributed by atoms with Crippen molar-refractivity contribution in [3.63, 3.8) is 0 Å². The predicted molar refractivity (Wildman–Crippen MR) is 54.0 cm³/mol. The minimum absolute atomic E-state index is 0.504. The Bertz CT molecular complexity index is 335. The van der Waals surface area contributed by atoms with Crippen LogP contribution in [0.1, 0.15) is 5.56 Å². The molecule has 12 heavy (non-hydrogen) atoms. The summed E-state index contributed by atoms with van der Waals surface area (Å²) in [6, 6.07) is 9.23. The summed E-state index contributed by atoms with van der Waals surface area (Å²) in [6.07, 6.45) is 1.73. The van der Waals surface area contributed by atoms with Gasteiger partial charge >= 0.3 is 0 Å². The SMILES string of the molecule is N#CC(Br)=Cc1ccc(Cl)cc1. The van der Waals surface area contributed by atoms with Gasteiger partial charge in [0.25, 0.3) is 0 Å². The van der Waals surface area contributed by atoms with E-state index in [1.165, 1.54) is 0 Å². The number of allylic oxidation sites excluding steroid dienone is 1. The van der Waals surface area contributed by atoms with E-state index in [4.69, 9.17) is 16.9 Å². The lowest BCUT2D eigenvalue weighted by molar-refractivity contribution is 1.53. The molecule has 0 amide bonds. The zero-order valence-electron chi connectivity index (χ0n) is 6.09. The Labute approximate surface area is 84.4 Å². The zero-order chi connectivity index (χ0) is 8.97. The standard InChI is InChI=1S/C9H5BrClN/c10-8(6-12)5-7-1-3-9(11)4-2-7/h1-5H. The second-order valence-electron chi connectivity index (χ2n) is 2.16. The van der Waals surface area contributed by atoms with E-state index in [1.807, 2.05) is 18.2 Å². The van der Waals surface area contributed by atoms with Crippen LogP contribution in [-0.2, 0) is 0 Å². The third-order valence-corrected chi connectivity index (χ3v) is 1.93. The van der Waals surface area contributed by atoms with Gasteiger partial charge in [-0.25, -0.2) is 0 Å². The average Bonchev–Trinajstić information content (AvgIpc) is 2.09. The Morgan fingerprint density at radius 2 is 2.00 bits per heavy atom. The molecular formula is C9H5BrClN. The van der Waals surface area contributed by atoms with Crippen LogP contribution in [-0.4, -0.2) is 0 Å². The van der Waals surface area contributed by atoms with Crippen molar-refractivity contribution in [2.75, 3.05) is 0 Å². The van der Waals surface area contributed by atoms with Crippen LogP contribution < -0.4 is 0 Å². The highest BCUT2D eigenvalue weighted by atomic mass is 79.9. The molecule has 0 heterocycles. The smallest absolute Gasteiger partial charge is 0.107 e. The molecule has 0 atom stereocenters. The van der Waals surface area contributed by atoms with Crippen LogP contribution in [0.3, 0.4) is 0 Å². The van der Waals surface area contributed by atoms with Crippen molar-refractivity contribution in [1.29, 1.82) is 5.26 Å². The summed E-state index contributed by atoms with van der Waals surface area (Å²) in [5, 5.41) is 9.15. The number of nitriles is 1. The molecule has 0 saturated heterocycles. The number of hydrogen-bond donors (Lipinski definition) is 0. The molecule has 1 nitrogen and oxygen atoms in total. The normalized spacial score (nSPS) is 10.9. The van der Waals surface area contributed by atoms with Gasteiger partial charge in [-0.1, -0.05) is 23.7 Å². The Hall–Kier alpha value is -0.780. The molecule has 0 bridgehead atoms. The maximum absolute atomic E-state index is 8.46. The van der Waals surface area contributed by atoms with Crippen molar-refractivity contribution in [1.82, 2.24) is 0 Å². The maximum Gasteiger partial charge on any atom is 0.107 e. The number of benzene rings is 1. The highest BCUT2D eigenvalue weighted by Crippen LogP contribution is 2.14. The van der Waals surface area contributed by atoms with Crippen molar-refractivity contribution < 1.29 is 0 Å². The van der Waals surface area contributed by atoms with E-state index >= 15 is 0 Å². The van der Waals surface area contributed by atoms with Crippen molar-refractivity contribution in [3.05, 3.63) is 39.3 Å². The van der Waals surface area contributed by atoms with Crippen molar-refractivity contribution in [3.8, 4) is 6.07 Å². The molecule has 0 unspecified atom stereocenters. The van der Waals surface area contributed by atoms with E-state index in [2.05, 4.69) is 15.9 Å². The highest BCUT2D eigenvalue weighted by Gasteiger charge is 1.90. The third kappa shape index (κ3) is 2.69. The predicted octanol–water partition coefficient (Wildman–Crippen LogP) is 3.60. The van der Waals surface area contributed by atoms with Gasteiger partial charge in [0.1, 0.15) is 6.07 Å². The first kappa shape index (κ1) is 9.31. The molecule has 3 heteroatoms. The molecule has 1 aromatic carbocycles. The van der Waals surface area contributed by atoms with Gasteiger partial charge in [-0.05, 0) is 39.7 Å². The number of nitrogens with zero attached hydrogens (tertiary/aromatic N) is 1. The highest BCUT2D eigenvalue weighted by molar-refractivity contribution is 9.12. The lowest BCUT2D eigenvalue weighted by Gasteiger charge is -1.92. The summed E-state index contributed by atoms with van der Waals surface area (Å²) in [5.74, 6) is 0. The lowest BCUT2D eigenvalue weighted by Crippen LogP contribution is -1.71. The summed E-state index contributed by atoms with van der Waals surface area (Å²) < 4.78 is 0.504. The van der Waals surface area contributed by atoms with Crippen LogP contribution in [0.5, 0.6) is 0 Å². The molecule has 0 radical (unpaired) electrons. The van der Waals surface area contributed by atoms with Crippen molar-refractivity contribution in [2.24, 2.45) is 0 Å². The molecule has 0 fully saturated rings. The maximum atomic E-state index is 8.46. The molecule has 0 aliphatic carbocycles. The van der Waals surface area contributed by atoms with Gasteiger partial charge in [0.05, 0.1) is 4.48 Å². The second kappa shape index (κ2) is 4.30. The molecule has 1 rings (SSSR count). The summed E-state index contributed by atoms with van der Waals surface area (Å²) in [6.45, 7) is 0. The number of rotatable bonds is 1. The second-order valence-corrected chi connectivity index (χ2v) is 3.45. The first-order valence-electron chi connectivity index (χ1n) is 3.25. The Kier molecular flexibility index (Phi) is 3.33. The molecular weight excluding hydrogens is 237 g/mol. The molecule has 60 valence electrons. The van der Waals surface area contributed by atoms with E-state index in [0.29, 0.717) is 9.51 Å². The van der Waals surface area contributed by atoms with Crippen LogP contribution in [0.15, 0.2) is 28.7 Å². The monoisotopic (exact) mass is 241 g/mol. The largest absolute Gasteiger partial charge is 0.192 e. The Balaban J connectivity index is 2.93. The summed E-state index contributed by atoms with van der Waals surface area (Å²) >= 11 is 8.78. The van der Waals surface area contributed by atoms with Crippen molar-refractivity contribution >= 4 is 33.6 Å². The van der Waals surface area contributed by atoms with Gasteiger partial charge in [-0.15, -0.1) is 0 Å². The Morgan fingerprint density at radius 3 is 2.50 bits per heavy atom. The van der Waals surface area contributed by atoms with Gasteiger partial charge in [-0.3, -0.25) is 0 Å². The van der Waals surface area contributed by atoms with Gasteiger partial charge < -0.3 is 0 Å². The minimum atomic E-state index is 0.504. The minimum Gasteiger partial charge on any atom is -0.192 e. The fourth-order valence-electron chi connectivity index (χ4n) is 0.738. The first-order chi connectivity index (χ1) is 5.72. The molecule has 1 aromatic rings. The van der Waals surface area contributed by atoms with E-state index in [1.54, 1.807) is 18.2 Å². The quantitative estimate of drug-likeness (QED) is 0.690. The molecule has 0 aromatic heterocycles. The third-order valence-electron chi connectivity index (χ3n) is 1.27. The van der Waals surface area contributed by atoms with Crippen LogP contribution in [0.2, 0.25) is 5.02 Å². The van der Waals surface area contributed by atoms with Gasteiger partial charge in [0, 0.05) is 5.02 Å². The van der Waals surface area contributed by atoms with Gasteiger partial charge in [0.2, 0.25) is 0 Å². The Morgan fingerprint density at radius 1 is 1.42 bits per heavy atom. The van der Waals surface area contributed by atoms with E-state index in [0.717, 1.165) is 5.56 Å². The van der Waals surface area contributed by atoms with E-state index in [9.17, 15) is 0 Å². The number of halogens is 2. The fourth-order valence-corrected chi connectivity index (χ4v) is 1.13. The van der Waals surface area contributed by atoms with E-state index < -0.39 is 0 Å². The summed E-state index contributed by atoms with van der Waals surface area (Å²) in [7, 11) is 0. The summed E-state index contributed by atoms with van der Waals surface area (Å²) in [5.41, 5.74) is 0.952. The molecule has 0 N–H and O–H groups in total. The molecule has 0 saturated carbocycles. The fraction of sp³-hybridized carbons (Fsp3) is 0. The molecule has 0 aliphatic rings. The number of hydrogen-bond acceptors (Lipinski definition) is 1. The summed E-state index contributed by atoms with van der Waals surface area (Å²) in [4.78, 5) is 0.